The van der Waals surface area contributed by atoms with Crippen LogP contribution in [-0.2, 0) is 14.8 Å². The molecule has 2 rings (SSSR count). The maximum absolute atomic E-state index is 12.0. The third-order valence-corrected chi connectivity index (χ3v) is 7.62. The van der Waals surface area contributed by atoms with Crippen molar-refractivity contribution in [2.24, 2.45) is 0 Å². The van der Waals surface area contributed by atoms with E-state index in [4.69, 9.17) is 4.74 Å². The number of anilines is 2. The monoisotopic (exact) mass is 482 g/mol. The Bertz CT molecular complexity index is 858. The van der Waals surface area contributed by atoms with Crippen LogP contribution in [-0.4, -0.2) is 57.1 Å². The Morgan fingerprint density at radius 2 is 1.67 bits per heavy atom. The molecule has 1 saturated heterocycles. The van der Waals surface area contributed by atoms with Crippen LogP contribution in [0.4, 0.5) is 16.2 Å². The van der Waals surface area contributed by atoms with E-state index in [1.807, 2.05) is 20.8 Å². The van der Waals surface area contributed by atoms with Crippen molar-refractivity contribution in [2.45, 2.75) is 83.6 Å². The van der Waals surface area contributed by atoms with E-state index in [9.17, 15) is 13.2 Å². The van der Waals surface area contributed by atoms with Crippen molar-refractivity contribution in [1.29, 1.82) is 0 Å². The molecule has 0 saturated carbocycles. The molecule has 1 amide bonds. The van der Waals surface area contributed by atoms with Crippen molar-refractivity contribution in [3.63, 3.8) is 0 Å². The summed E-state index contributed by atoms with van der Waals surface area (Å²) in [5.74, 6) is 0. The normalized spacial score (nSPS) is 17.2. The molecular formula is C24H42N4O4S. The van der Waals surface area contributed by atoms with Gasteiger partial charge in [0.25, 0.3) is 0 Å². The molecule has 1 unspecified atom stereocenters. The number of nitrogens with zero attached hydrogens (tertiary/aromatic N) is 1. The van der Waals surface area contributed by atoms with Gasteiger partial charge in [-0.15, -0.1) is 0 Å². The van der Waals surface area contributed by atoms with Crippen molar-refractivity contribution in [2.75, 3.05) is 36.4 Å². The molecule has 1 heterocycles. The summed E-state index contributed by atoms with van der Waals surface area (Å²) < 4.78 is 31.3. The van der Waals surface area contributed by atoms with Crippen molar-refractivity contribution < 1.29 is 17.9 Å². The third-order valence-electron chi connectivity index (χ3n) is 5.42. The molecule has 0 radical (unpaired) electrons. The van der Waals surface area contributed by atoms with Gasteiger partial charge < -0.3 is 20.3 Å². The average molecular weight is 483 g/mol. The molecule has 1 aromatic rings. The summed E-state index contributed by atoms with van der Waals surface area (Å²) in [4.78, 5) is 14.2. The zero-order valence-electron chi connectivity index (χ0n) is 21.0. The fourth-order valence-electron chi connectivity index (χ4n) is 3.46. The van der Waals surface area contributed by atoms with Crippen LogP contribution in [0.25, 0.3) is 0 Å². The second kappa shape index (κ2) is 11.4. The summed E-state index contributed by atoms with van der Waals surface area (Å²) in [5, 5.41) is 6.38. The van der Waals surface area contributed by atoms with Gasteiger partial charge in [0.05, 0.1) is 10.8 Å². The number of alkyl carbamates (subject to hydrolysis) is 1. The predicted molar refractivity (Wildman–Crippen MR) is 135 cm³/mol. The smallest absolute Gasteiger partial charge is 0.407 e. The Kier molecular flexibility index (Phi) is 9.43. The molecule has 9 heteroatoms. The SMILES string of the molecule is CC(C)(C)OC(=O)NC1CCN(c2ccc(NCCCCCNS(=O)(=O)C(C)(C)C)cc2)C1. The Labute approximate surface area is 199 Å². The van der Waals surface area contributed by atoms with Crippen molar-refractivity contribution in [3.8, 4) is 0 Å². The van der Waals surface area contributed by atoms with Gasteiger partial charge in [-0.05, 0) is 85.1 Å². The van der Waals surface area contributed by atoms with Crippen LogP contribution >= 0.6 is 0 Å². The lowest BCUT2D eigenvalue weighted by Crippen LogP contribution is -2.40. The van der Waals surface area contributed by atoms with Gasteiger partial charge in [-0.2, -0.15) is 0 Å². The van der Waals surface area contributed by atoms with Crippen LogP contribution in [0.15, 0.2) is 24.3 Å². The lowest BCUT2D eigenvalue weighted by atomic mass is 10.2. The van der Waals surface area contributed by atoms with Crippen LogP contribution in [0, 0.1) is 0 Å². The van der Waals surface area contributed by atoms with Gasteiger partial charge in [-0.3, -0.25) is 0 Å². The van der Waals surface area contributed by atoms with Crippen LogP contribution < -0.4 is 20.3 Å². The first-order chi connectivity index (χ1) is 15.3. The molecule has 188 valence electrons. The molecule has 1 atom stereocenters. The number of amides is 1. The average Bonchev–Trinajstić information content (AvgIpc) is 3.13. The number of hydrogen-bond acceptors (Lipinski definition) is 6. The van der Waals surface area contributed by atoms with Gasteiger partial charge in [-0.1, -0.05) is 6.42 Å². The molecule has 8 nitrogen and oxygen atoms in total. The van der Waals surface area contributed by atoms with Crippen molar-refractivity contribution in [1.82, 2.24) is 10.0 Å². The molecule has 1 aliphatic rings. The van der Waals surface area contributed by atoms with Crippen LogP contribution in [0.5, 0.6) is 0 Å². The maximum atomic E-state index is 12.0. The van der Waals surface area contributed by atoms with Crippen LogP contribution in [0.2, 0.25) is 0 Å². The van der Waals surface area contributed by atoms with Gasteiger partial charge in [0.1, 0.15) is 5.60 Å². The second-order valence-corrected chi connectivity index (χ2v) is 13.1. The Morgan fingerprint density at radius 1 is 1.03 bits per heavy atom. The number of nitrogens with one attached hydrogen (secondary N) is 3. The summed E-state index contributed by atoms with van der Waals surface area (Å²) >= 11 is 0. The van der Waals surface area contributed by atoms with Gasteiger partial charge in [0.15, 0.2) is 0 Å². The minimum Gasteiger partial charge on any atom is -0.444 e. The number of unbranched alkanes of at least 4 members (excludes halogenated alkanes) is 2. The number of carbonyl (C=O) groups excluding carboxylic acids is 1. The highest BCUT2D eigenvalue weighted by Crippen LogP contribution is 2.23. The Hall–Kier alpha value is -2.00. The Morgan fingerprint density at radius 3 is 2.27 bits per heavy atom. The van der Waals surface area contributed by atoms with Crippen LogP contribution in [0.1, 0.15) is 67.2 Å². The molecule has 1 fully saturated rings. The lowest BCUT2D eigenvalue weighted by molar-refractivity contribution is 0.0509. The van der Waals surface area contributed by atoms with E-state index >= 15 is 0 Å². The third kappa shape index (κ3) is 9.41. The fraction of sp³-hybridized carbons (Fsp3) is 0.708. The first kappa shape index (κ1) is 27.2. The summed E-state index contributed by atoms with van der Waals surface area (Å²) in [6.45, 7) is 13.7. The van der Waals surface area contributed by atoms with E-state index in [0.717, 1.165) is 56.7 Å². The molecular weight excluding hydrogens is 440 g/mol. The van der Waals surface area contributed by atoms with Crippen molar-refractivity contribution in [3.05, 3.63) is 24.3 Å². The summed E-state index contributed by atoms with van der Waals surface area (Å²) in [6, 6.07) is 8.42. The highest BCUT2D eigenvalue weighted by atomic mass is 32.2. The largest absolute Gasteiger partial charge is 0.444 e. The van der Waals surface area contributed by atoms with E-state index in [2.05, 4.69) is 44.5 Å². The summed E-state index contributed by atoms with van der Waals surface area (Å²) in [5.41, 5.74) is 1.71. The molecule has 0 spiro atoms. The first-order valence-corrected chi connectivity index (χ1v) is 13.3. The van der Waals surface area contributed by atoms with Gasteiger partial charge in [-0.25, -0.2) is 17.9 Å². The standard InChI is InChI=1S/C24H42N4O4S/c1-23(2,3)32-22(29)27-20-14-17-28(18-20)21-12-10-19(11-13-21)25-15-8-7-9-16-26-33(30,31)24(4,5)6/h10-13,20,25-26H,7-9,14-18H2,1-6H3,(H,27,29). The molecule has 0 aromatic heterocycles. The number of benzene rings is 1. The molecule has 0 aliphatic carbocycles. The fourth-order valence-corrected chi connectivity index (χ4v) is 4.31. The summed E-state index contributed by atoms with van der Waals surface area (Å²) in [7, 11) is -3.26. The van der Waals surface area contributed by atoms with E-state index in [1.165, 1.54) is 0 Å². The second-order valence-electron chi connectivity index (χ2n) is 10.6. The van der Waals surface area contributed by atoms with Gasteiger partial charge in [0, 0.05) is 37.6 Å². The molecule has 1 aromatic carbocycles. The number of sulfonamides is 1. The van der Waals surface area contributed by atoms with E-state index in [0.29, 0.717) is 6.54 Å². The maximum Gasteiger partial charge on any atom is 0.407 e. The quantitative estimate of drug-likeness (QED) is 0.435. The number of ether oxygens (including phenoxy) is 1. The summed E-state index contributed by atoms with van der Waals surface area (Å²) in [6.07, 6.45) is 3.29. The topological polar surface area (TPSA) is 99.8 Å². The first-order valence-electron chi connectivity index (χ1n) is 11.8. The number of rotatable bonds is 10. The van der Waals surface area contributed by atoms with E-state index in [1.54, 1.807) is 20.8 Å². The lowest BCUT2D eigenvalue weighted by Gasteiger charge is -2.22. The highest BCUT2D eigenvalue weighted by molar-refractivity contribution is 7.90. The van der Waals surface area contributed by atoms with Gasteiger partial charge in [0.2, 0.25) is 10.0 Å². The molecule has 3 N–H and O–H groups in total. The van der Waals surface area contributed by atoms with E-state index < -0.39 is 20.4 Å². The van der Waals surface area contributed by atoms with Crippen LogP contribution in [0.3, 0.4) is 0 Å². The molecule has 33 heavy (non-hydrogen) atoms. The number of hydrogen-bond donors (Lipinski definition) is 3. The zero-order chi connectivity index (χ0) is 24.7. The predicted octanol–water partition coefficient (Wildman–Crippen LogP) is 4.09. The highest BCUT2D eigenvalue weighted by Gasteiger charge is 2.28. The molecule has 1 aliphatic heterocycles. The van der Waals surface area contributed by atoms with E-state index in [-0.39, 0.29) is 12.1 Å². The van der Waals surface area contributed by atoms with Gasteiger partial charge >= 0.3 is 6.09 Å². The molecule has 0 bridgehead atoms. The zero-order valence-corrected chi connectivity index (χ0v) is 21.8. The number of carbonyl (C=O) groups is 1. The minimum absolute atomic E-state index is 0.0885. The van der Waals surface area contributed by atoms with Crippen molar-refractivity contribution >= 4 is 27.5 Å². The minimum atomic E-state index is -3.26. The Balaban J connectivity index is 1.65.